The van der Waals surface area contributed by atoms with E-state index in [0.717, 1.165) is 47.6 Å². The Morgan fingerprint density at radius 3 is 2.58 bits per heavy atom. The van der Waals surface area contributed by atoms with Crippen LogP contribution < -0.4 is 10.2 Å². The van der Waals surface area contributed by atoms with Gasteiger partial charge in [0.15, 0.2) is 12.2 Å². The number of rotatable bonds is 8. The van der Waals surface area contributed by atoms with E-state index in [-0.39, 0.29) is 12.6 Å². The van der Waals surface area contributed by atoms with E-state index in [1.165, 1.54) is 4.90 Å². The molecule has 3 aromatic rings. The molecule has 2 saturated heterocycles. The maximum atomic E-state index is 13.0. The number of benzene rings is 2. The highest BCUT2D eigenvalue weighted by Gasteiger charge is 2.38. The van der Waals surface area contributed by atoms with Gasteiger partial charge in [0.2, 0.25) is 0 Å². The van der Waals surface area contributed by atoms with Gasteiger partial charge in [0.05, 0.1) is 24.9 Å². The molecule has 10 heteroatoms. The largest absolute Gasteiger partial charge is 0.380 e. The van der Waals surface area contributed by atoms with Crippen LogP contribution in [0.15, 0.2) is 66.9 Å². The highest BCUT2D eigenvalue weighted by molar-refractivity contribution is 6.30. The number of aliphatic hydroxyl groups excluding tert-OH is 2. The lowest BCUT2D eigenvalue weighted by Gasteiger charge is -2.30. The number of carbonyl (C=O) groups is 2. The molecule has 3 atom stereocenters. The van der Waals surface area contributed by atoms with E-state index in [9.17, 15) is 19.8 Å². The van der Waals surface area contributed by atoms with Crippen LogP contribution in [0.1, 0.15) is 30.0 Å². The van der Waals surface area contributed by atoms with Crippen LogP contribution in [0.4, 0.5) is 5.69 Å². The number of hydrogen-bond acceptors (Lipinski definition) is 7. The zero-order chi connectivity index (χ0) is 28.1. The van der Waals surface area contributed by atoms with E-state index in [1.54, 1.807) is 18.3 Å². The SMILES string of the molecule is O=C(NCc1ccc(-c2ccccc2N2CCOCC2)nc1)[C@H](O)[C@@H](O)C(=O)N1CCC[C@H]1c1cccc(Cl)c1. The van der Waals surface area contributed by atoms with E-state index in [4.69, 9.17) is 16.3 Å². The second-order valence-electron chi connectivity index (χ2n) is 10.0. The minimum absolute atomic E-state index is 0.0873. The Kier molecular flexibility index (Phi) is 8.96. The number of aromatic nitrogens is 1. The normalized spacial score (nSPS) is 18.8. The number of hydrogen-bond donors (Lipinski definition) is 3. The molecule has 3 heterocycles. The molecule has 0 bridgehead atoms. The number of halogens is 1. The van der Waals surface area contributed by atoms with Gasteiger partial charge in [-0.3, -0.25) is 14.6 Å². The van der Waals surface area contributed by atoms with Crippen LogP contribution in [0.3, 0.4) is 0 Å². The van der Waals surface area contributed by atoms with Crippen LogP contribution in [0.2, 0.25) is 5.02 Å². The Labute approximate surface area is 238 Å². The highest BCUT2D eigenvalue weighted by Crippen LogP contribution is 2.34. The Morgan fingerprint density at radius 2 is 1.82 bits per heavy atom. The lowest BCUT2D eigenvalue weighted by Crippen LogP contribution is -2.50. The maximum absolute atomic E-state index is 13.0. The third kappa shape index (κ3) is 6.28. The second kappa shape index (κ2) is 12.8. The summed E-state index contributed by atoms with van der Waals surface area (Å²) in [5.74, 6) is -1.52. The molecule has 0 saturated carbocycles. The van der Waals surface area contributed by atoms with Crippen molar-refractivity contribution in [3.05, 3.63) is 83.0 Å². The van der Waals surface area contributed by atoms with Gasteiger partial charge in [0.25, 0.3) is 11.8 Å². The molecule has 2 amide bonds. The van der Waals surface area contributed by atoms with E-state index in [2.05, 4.69) is 21.3 Å². The molecule has 5 rings (SSSR count). The van der Waals surface area contributed by atoms with Crippen molar-refractivity contribution in [1.29, 1.82) is 0 Å². The molecule has 1 aromatic heterocycles. The molecule has 40 heavy (non-hydrogen) atoms. The van der Waals surface area contributed by atoms with Crippen molar-refractivity contribution in [2.24, 2.45) is 0 Å². The molecule has 2 aliphatic rings. The standard InChI is InChI=1S/C30H33ClN4O5/c31-22-6-3-5-21(17-22)25-9-4-12-35(25)30(39)28(37)27(36)29(38)33-19-20-10-11-24(32-18-20)23-7-1-2-8-26(23)34-13-15-40-16-14-34/h1-3,5-8,10-11,17-18,25,27-28,36-37H,4,9,12-16,19H2,(H,33,38)/t25-,27+,28+/m0/s1. The third-order valence-corrected chi connectivity index (χ3v) is 7.65. The molecule has 9 nitrogen and oxygen atoms in total. The number of nitrogens with one attached hydrogen (secondary N) is 1. The number of nitrogens with zero attached hydrogens (tertiary/aromatic N) is 3. The zero-order valence-corrected chi connectivity index (χ0v) is 22.8. The Morgan fingerprint density at radius 1 is 1.02 bits per heavy atom. The number of aliphatic hydroxyl groups is 2. The van der Waals surface area contributed by atoms with Crippen LogP contribution in [-0.2, 0) is 20.9 Å². The summed E-state index contributed by atoms with van der Waals surface area (Å²) in [5, 5.41) is 24.2. The van der Waals surface area contributed by atoms with E-state index in [0.29, 0.717) is 31.2 Å². The van der Waals surface area contributed by atoms with E-state index < -0.39 is 24.0 Å². The van der Waals surface area contributed by atoms with Crippen LogP contribution in [0.5, 0.6) is 0 Å². The number of ether oxygens (including phenoxy) is 1. The summed E-state index contributed by atoms with van der Waals surface area (Å²) < 4.78 is 5.48. The first-order chi connectivity index (χ1) is 19.4. The molecule has 2 fully saturated rings. The summed E-state index contributed by atoms with van der Waals surface area (Å²) >= 11 is 6.11. The average Bonchev–Trinajstić information content (AvgIpc) is 3.50. The van der Waals surface area contributed by atoms with Crippen molar-refractivity contribution < 1.29 is 24.5 Å². The van der Waals surface area contributed by atoms with Gasteiger partial charge in [-0.1, -0.05) is 48.0 Å². The van der Waals surface area contributed by atoms with Gasteiger partial charge in [0.1, 0.15) is 0 Å². The minimum Gasteiger partial charge on any atom is -0.380 e. The van der Waals surface area contributed by atoms with Crippen LogP contribution >= 0.6 is 11.6 Å². The Hall–Kier alpha value is -3.50. The lowest BCUT2D eigenvalue weighted by atomic mass is 10.0. The van der Waals surface area contributed by atoms with Gasteiger partial charge in [0, 0.05) is 48.6 Å². The van der Waals surface area contributed by atoms with Gasteiger partial charge >= 0.3 is 0 Å². The molecule has 0 radical (unpaired) electrons. The number of likely N-dealkylation sites (tertiary alicyclic amines) is 1. The summed E-state index contributed by atoms with van der Waals surface area (Å²) in [5.41, 5.74) is 4.48. The van der Waals surface area contributed by atoms with Crippen molar-refractivity contribution in [2.45, 2.75) is 37.6 Å². The first-order valence-corrected chi connectivity index (χ1v) is 13.9. The fraction of sp³-hybridized carbons (Fsp3) is 0.367. The molecular formula is C30H33ClN4O5. The van der Waals surface area contributed by atoms with Crippen molar-refractivity contribution in [1.82, 2.24) is 15.2 Å². The number of pyridine rings is 1. The fourth-order valence-corrected chi connectivity index (χ4v) is 5.49. The fourth-order valence-electron chi connectivity index (χ4n) is 5.29. The van der Waals surface area contributed by atoms with Gasteiger partial charge < -0.3 is 30.1 Å². The van der Waals surface area contributed by atoms with Crippen molar-refractivity contribution in [3.63, 3.8) is 0 Å². The first-order valence-electron chi connectivity index (χ1n) is 13.5. The molecule has 3 N–H and O–H groups in total. The van der Waals surface area contributed by atoms with Crippen molar-refractivity contribution in [3.8, 4) is 11.3 Å². The summed E-state index contributed by atoms with van der Waals surface area (Å²) in [6.07, 6.45) is -0.657. The Balaban J connectivity index is 1.18. The minimum atomic E-state index is -1.90. The molecule has 210 valence electrons. The topological polar surface area (TPSA) is 115 Å². The number of carbonyl (C=O) groups excluding carboxylic acids is 2. The number of amides is 2. The van der Waals surface area contributed by atoms with Gasteiger partial charge in [-0.15, -0.1) is 0 Å². The maximum Gasteiger partial charge on any atom is 0.255 e. The first kappa shape index (κ1) is 28.0. The lowest BCUT2D eigenvalue weighted by molar-refractivity contribution is -0.153. The molecule has 2 aromatic carbocycles. The summed E-state index contributed by atoms with van der Waals surface area (Å²) in [7, 11) is 0. The number of para-hydroxylation sites is 1. The van der Waals surface area contributed by atoms with Gasteiger partial charge in [-0.05, 0) is 48.2 Å². The van der Waals surface area contributed by atoms with E-state index >= 15 is 0 Å². The summed E-state index contributed by atoms with van der Waals surface area (Å²) in [6.45, 7) is 3.52. The van der Waals surface area contributed by atoms with E-state index in [1.807, 2.05) is 42.5 Å². The third-order valence-electron chi connectivity index (χ3n) is 7.41. The predicted octanol–water partition coefficient (Wildman–Crippen LogP) is 2.94. The van der Waals surface area contributed by atoms with Crippen LogP contribution in [0, 0.1) is 0 Å². The molecule has 0 unspecified atom stereocenters. The van der Waals surface area contributed by atoms with Crippen LogP contribution in [-0.4, -0.2) is 77.0 Å². The average molecular weight is 565 g/mol. The van der Waals surface area contributed by atoms with Crippen molar-refractivity contribution in [2.75, 3.05) is 37.7 Å². The smallest absolute Gasteiger partial charge is 0.255 e. The molecule has 2 aliphatic heterocycles. The number of morpholine rings is 1. The summed E-state index contributed by atoms with van der Waals surface area (Å²) in [4.78, 5) is 34.0. The second-order valence-corrected chi connectivity index (χ2v) is 10.5. The molecule has 0 aliphatic carbocycles. The summed E-state index contributed by atoms with van der Waals surface area (Å²) in [6, 6.07) is 18.8. The molecule has 0 spiro atoms. The van der Waals surface area contributed by atoms with Gasteiger partial charge in [-0.2, -0.15) is 0 Å². The van der Waals surface area contributed by atoms with Gasteiger partial charge in [-0.25, -0.2) is 0 Å². The Bertz CT molecular complexity index is 1330. The predicted molar refractivity (Wildman–Crippen MR) is 152 cm³/mol. The van der Waals surface area contributed by atoms with Crippen LogP contribution in [0.25, 0.3) is 11.3 Å². The quantitative estimate of drug-likeness (QED) is 0.385. The van der Waals surface area contributed by atoms with Crippen molar-refractivity contribution >= 4 is 29.1 Å². The molecular weight excluding hydrogens is 532 g/mol. The highest BCUT2D eigenvalue weighted by atomic mass is 35.5. The number of anilines is 1. The zero-order valence-electron chi connectivity index (χ0n) is 22.1. The monoisotopic (exact) mass is 564 g/mol.